The number of nitrogens with zero attached hydrogens (tertiary/aromatic N) is 1. The average Bonchev–Trinajstić information content (AvgIpc) is 2.61. The standard InChI is InChI=1S/C19H17ClN2O3S/c1-12-3-4-13(2)17(7-12)26-11-19(24)25-10-18(23)22-16-8-15(20)6-5-14(16)9-21/h3-8H,10-11H2,1-2H3,(H,22,23). The Morgan fingerprint density at radius 1 is 1.23 bits per heavy atom. The quantitative estimate of drug-likeness (QED) is 0.595. The molecule has 0 saturated heterocycles. The molecule has 2 aromatic rings. The number of carbonyl (C=O) groups is 2. The smallest absolute Gasteiger partial charge is 0.316 e. The van der Waals surface area contributed by atoms with Gasteiger partial charge in [0.15, 0.2) is 6.61 Å². The monoisotopic (exact) mass is 388 g/mol. The second kappa shape index (κ2) is 9.27. The lowest BCUT2D eigenvalue weighted by atomic mass is 10.2. The summed E-state index contributed by atoms with van der Waals surface area (Å²) in [4.78, 5) is 24.8. The molecule has 134 valence electrons. The van der Waals surface area contributed by atoms with E-state index in [4.69, 9.17) is 21.6 Å². The van der Waals surface area contributed by atoms with Gasteiger partial charge in [0.1, 0.15) is 6.07 Å². The van der Waals surface area contributed by atoms with Gasteiger partial charge in [-0.15, -0.1) is 11.8 Å². The number of carbonyl (C=O) groups excluding carboxylic acids is 2. The zero-order valence-electron chi connectivity index (χ0n) is 14.3. The Hall–Kier alpha value is -2.49. The van der Waals surface area contributed by atoms with E-state index in [1.165, 1.54) is 23.9 Å². The minimum absolute atomic E-state index is 0.109. The first-order valence-corrected chi connectivity index (χ1v) is 9.10. The predicted molar refractivity (Wildman–Crippen MR) is 102 cm³/mol. The van der Waals surface area contributed by atoms with Crippen LogP contribution in [0.5, 0.6) is 0 Å². The van der Waals surface area contributed by atoms with Gasteiger partial charge in [0, 0.05) is 9.92 Å². The Kier molecular flexibility index (Phi) is 7.07. The van der Waals surface area contributed by atoms with Gasteiger partial charge in [-0.05, 0) is 43.7 Å². The molecule has 0 bridgehead atoms. The molecule has 0 spiro atoms. The molecule has 0 fully saturated rings. The minimum Gasteiger partial charge on any atom is -0.455 e. The maximum Gasteiger partial charge on any atom is 0.316 e. The molecule has 2 aromatic carbocycles. The van der Waals surface area contributed by atoms with E-state index in [1.807, 2.05) is 38.1 Å². The largest absolute Gasteiger partial charge is 0.455 e. The van der Waals surface area contributed by atoms with Gasteiger partial charge in [-0.1, -0.05) is 29.3 Å². The van der Waals surface area contributed by atoms with Crippen LogP contribution in [0, 0.1) is 25.2 Å². The van der Waals surface area contributed by atoms with Crippen LogP contribution >= 0.6 is 23.4 Å². The molecule has 1 amide bonds. The number of ether oxygens (including phenoxy) is 1. The van der Waals surface area contributed by atoms with Gasteiger partial charge >= 0.3 is 5.97 Å². The highest BCUT2D eigenvalue weighted by Crippen LogP contribution is 2.23. The number of nitrogens with one attached hydrogen (secondary N) is 1. The van der Waals surface area contributed by atoms with Crippen LogP contribution < -0.4 is 5.32 Å². The third kappa shape index (κ3) is 5.80. The lowest BCUT2D eigenvalue weighted by molar-refractivity contribution is -0.144. The van der Waals surface area contributed by atoms with Crippen LogP contribution in [0.1, 0.15) is 16.7 Å². The highest BCUT2D eigenvalue weighted by Gasteiger charge is 2.12. The number of hydrogen-bond acceptors (Lipinski definition) is 5. The summed E-state index contributed by atoms with van der Waals surface area (Å²) in [6.07, 6.45) is 0. The maximum absolute atomic E-state index is 11.9. The SMILES string of the molecule is Cc1ccc(C)c(SCC(=O)OCC(=O)Nc2cc(Cl)ccc2C#N)c1. The molecule has 0 aromatic heterocycles. The summed E-state index contributed by atoms with van der Waals surface area (Å²) in [7, 11) is 0. The lowest BCUT2D eigenvalue weighted by Gasteiger charge is -2.09. The summed E-state index contributed by atoms with van der Waals surface area (Å²) in [6, 6.07) is 12.5. The van der Waals surface area contributed by atoms with Crippen molar-refractivity contribution < 1.29 is 14.3 Å². The summed E-state index contributed by atoms with van der Waals surface area (Å²) < 4.78 is 4.98. The topological polar surface area (TPSA) is 79.2 Å². The molecule has 0 heterocycles. The minimum atomic E-state index is -0.533. The lowest BCUT2D eigenvalue weighted by Crippen LogP contribution is -2.22. The molecule has 7 heteroatoms. The van der Waals surface area contributed by atoms with E-state index < -0.39 is 18.5 Å². The van der Waals surface area contributed by atoms with Crippen molar-refractivity contribution in [1.82, 2.24) is 0 Å². The fourth-order valence-corrected chi connectivity index (χ4v) is 3.18. The number of aryl methyl sites for hydroxylation is 2. The van der Waals surface area contributed by atoms with Gasteiger partial charge in [0.05, 0.1) is 17.0 Å². The number of hydrogen-bond donors (Lipinski definition) is 1. The predicted octanol–water partition coefficient (Wildman–Crippen LogP) is 4.10. The third-order valence-corrected chi connectivity index (χ3v) is 4.80. The molecule has 0 saturated carbocycles. The number of thioether (sulfide) groups is 1. The normalized spacial score (nSPS) is 10.1. The molecule has 0 aliphatic heterocycles. The van der Waals surface area contributed by atoms with Crippen LogP contribution in [0.4, 0.5) is 5.69 Å². The maximum atomic E-state index is 11.9. The number of benzene rings is 2. The van der Waals surface area contributed by atoms with Gasteiger partial charge in [-0.2, -0.15) is 5.26 Å². The summed E-state index contributed by atoms with van der Waals surface area (Å²) in [5, 5.41) is 11.9. The highest BCUT2D eigenvalue weighted by atomic mass is 35.5. The summed E-state index contributed by atoms with van der Waals surface area (Å²) in [6.45, 7) is 3.53. The Morgan fingerprint density at radius 2 is 2.00 bits per heavy atom. The third-order valence-electron chi connectivity index (χ3n) is 3.43. The van der Waals surface area contributed by atoms with E-state index in [9.17, 15) is 9.59 Å². The zero-order valence-corrected chi connectivity index (χ0v) is 15.9. The zero-order chi connectivity index (χ0) is 19.1. The fourth-order valence-electron chi connectivity index (χ4n) is 2.09. The van der Waals surface area contributed by atoms with Crippen molar-refractivity contribution in [3.8, 4) is 6.07 Å². The van der Waals surface area contributed by atoms with E-state index in [2.05, 4.69) is 5.32 Å². The molecule has 0 unspecified atom stereocenters. The number of nitriles is 1. The number of rotatable bonds is 6. The highest BCUT2D eigenvalue weighted by molar-refractivity contribution is 8.00. The van der Waals surface area contributed by atoms with Crippen LogP contribution in [0.3, 0.4) is 0 Å². The number of halogens is 1. The Morgan fingerprint density at radius 3 is 2.73 bits per heavy atom. The fraction of sp³-hybridized carbons (Fsp3) is 0.211. The molecule has 0 aliphatic rings. The van der Waals surface area contributed by atoms with Crippen molar-refractivity contribution in [1.29, 1.82) is 5.26 Å². The Balaban J connectivity index is 1.84. The number of anilines is 1. The van der Waals surface area contributed by atoms with E-state index in [0.29, 0.717) is 5.02 Å². The molecule has 0 radical (unpaired) electrons. The van der Waals surface area contributed by atoms with Crippen molar-refractivity contribution in [3.05, 3.63) is 58.1 Å². The summed E-state index contributed by atoms with van der Waals surface area (Å²) in [5.41, 5.74) is 2.75. The van der Waals surface area contributed by atoms with Crippen LogP contribution in [0.15, 0.2) is 41.3 Å². The first kappa shape index (κ1) is 19.8. The van der Waals surface area contributed by atoms with Gasteiger partial charge in [0.2, 0.25) is 0 Å². The number of amides is 1. The van der Waals surface area contributed by atoms with Crippen molar-refractivity contribution in [2.75, 3.05) is 17.7 Å². The van der Waals surface area contributed by atoms with Gasteiger partial charge in [-0.25, -0.2) is 0 Å². The molecule has 5 nitrogen and oxygen atoms in total. The van der Waals surface area contributed by atoms with Gasteiger partial charge < -0.3 is 10.1 Å². The van der Waals surface area contributed by atoms with E-state index >= 15 is 0 Å². The summed E-state index contributed by atoms with van der Waals surface area (Å²) >= 11 is 7.23. The van der Waals surface area contributed by atoms with Crippen LogP contribution in [0.2, 0.25) is 5.02 Å². The Labute approximate surface area is 161 Å². The van der Waals surface area contributed by atoms with Crippen molar-refractivity contribution in [3.63, 3.8) is 0 Å². The molecule has 0 atom stereocenters. The van der Waals surface area contributed by atoms with Crippen molar-refractivity contribution in [2.45, 2.75) is 18.7 Å². The molecular formula is C19H17ClN2O3S. The van der Waals surface area contributed by atoms with Crippen molar-refractivity contribution in [2.24, 2.45) is 0 Å². The second-order valence-corrected chi connectivity index (χ2v) is 7.02. The molecule has 2 rings (SSSR count). The Bertz CT molecular complexity index is 878. The van der Waals surface area contributed by atoms with Gasteiger partial charge in [-0.3, -0.25) is 9.59 Å². The number of esters is 1. The van der Waals surface area contributed by atoms with Crippen LogP contribution in [-0.4, -0.2) is 24.2 Å². The molecule has 26 heavy (non-hydrogen) atoms. The van der Waals surface area contributed by atoms with E-state index in [1.54, 1.807) is 6.07 Å². The van der Waals surface area contributed by atoms with Crippen molar-refractivity contribution >= 4 is 40.9 Å². The molecular weight excluding hydrogens is 372 g/mol. The van der Waals surface area contributed by atoms with Crippen LogP contribution in [-0.2, 0) is 14.3 Å². The van der Waals surface area contributed by atoms with Gasteiger partial charge in [0.25, 0.3) is 5.91 Å². The first-order valence-electron chi connectivity index (χ1n) is 7.74. The van der Waals surface area contributed by atoms with Crippen LogP contribution in [0.25, 0.3) is 0 Å². The molecule has 0 aliphatic carbocycles. The average molecular weight is 389 g/mol. The first-order chi connectivity index (χ1) is 12.4. The van der Waals surface area contributed by atoms with E-state index in [-0.39, 0.29) is 17.0 Å². The summed E-state index contributed by atoms with van der Waals surface area (Å²) in [5.74, 6) is -0.912. The molecule has 1 N–H and O–H groups in total. The second-order valence-electron chi connectivity index (χ2n) is 5.57. The van der Waals surface area contributed by atoms with E-state index in [0.717, 1.165) is 16.0 Å².